The fraction of sp³-hybridized carbons (Fsp3) is 0.868. The van der Waals surface area contributed by atoms with Crippen molar-refractivity contribution in [3.63, 3.8) is 0 Å². The normalized spacial score (nSPS) is 32.1. The van der Waals surface area contributed by atoms with Crippen LogP contribution < -0.4 is 0 Å². The molecule has 0 N–H and O–H groups in total. The predicted molar refractivity (Wildman–Crippen MR) is 375 cm³/mol. The van der Waals surface area contributed by atoms with E-state index in [-0.39, 0.29) is 205 Å². The van der Waals surface area contributed by atoms with Crippen molar-refractivity contribution in [2.45, 2.75) is 319 Å². The molecule has 5 saturated heterocycles. The van der Waals surface area contributed by atoms with Gasteiger partial charge in [-0.2, -0.15) is 0 Å². The van der Waals surface area contributed by atoms with Crippen molar-refractivity contribution < 1.29 is 95.3 Å². The van der Waals surface area contributed by atoms with E-state index >= 15 is 0 Å². The van der Waals surface area contributed by atoms with Crippen LogP contribution in [0.3, 0.4) is 0 Å². The van der Waals surface area contributed by atoms with Gasteiger partial charge in [-0.15, -0.1) is 0 Å². The van der Waals surface area contributed by atoms with E-state index in [2.05, 4.69) is 13.8 Å². The second kappa shape index (κ2) is 36.2. The van der Waals surface area contributed by atoms with Crippen LogP contribution in [0.15, 0.2) is 0 Å². The molecule has 20 nitrogen and oxygen atoms in total. The van der Waals surface area contributed by atoms with Gasteiger partial charge in [-0.05, 0) is 125 Å². The van der Waals surface area contributed by atoms with Crippen molar-refractivity contribution >= 4 is 59.7 Å². The van der Waals surface area contributed by atoms with Crippen LogP contribution in [0.2, 0.25) is 0 Å². The van der Waals surface area contributed by atoms with Crippen LogP contribution in [0.25, 0.3) is 0 Å². The van der Waals surface area contributed by atoms with Gasteiger partial charge in [0.1, 0.15) is 43.2 Å². The van der Waals surface area contributed by atoms with Crippen LogP contribution in [-0.4, -0.2) is 122 Å². The quantitative estimate of drug-likeness (QED) is 0.109. The smallest absolute Gasteiger partial charge is 0.348 e. The molecule has 11 rings (SSSR count). The molecule has 0 aromatic rings. The number of cyclic esters (lactones) is 2. The number of hydrogen-bond donors (Lipinski definition) is 0. The molecule has 0 radical (unpaired) electrons. The molecule has 20 heteroatoms. The van der Waals surface area contributed by atoms with Crippen LogP contribution >= 0.6 is 0 Å². The molecule has 5 aliphatic heterocycles. The van der Waals surface area contributed by atoms with E-state index in [1.54, 1.807) is 13.8 Å². The molecule has 96 heavy (non-hydrogen) atoms. The van der Waals surface area contributed by atoms with Crippen LogP contribution in [-0.2, 0) is 95.3 Å². The molecular formula is C76H140O20. The van der Waals surface area contributed by atoms with Crippen LogP contribution in [0.4, 0.5) is 0 Å². The minimum absolute atomic E-state index is 0. The maximum Gasteiger partial charge on any atom is 0.348 e. The molecule has 6 bridgehead atoms. The van der Waals surface area contributed by atoms with E-state index in [0.717, 1.165) is 51.4 Å². The Balaban J connectivity index is -0.000000539. The lowest BCUT2D eigenvalue weighted by Crippen LogP contribution is -2.39. The lowest BCUT2D eigenvalue weighted by Gasteiger charge is -2.30. The molecule has 0 aromatic carbocycles. The first kappa shape index (κ1) is 97.1. The molecule has 6 aliphatic carbocycles. The molecular weight excluding hydrogens is 1230 g/mol. The molecule has 0 aromatic heterocycles. The van der Waals surface area contributed by atoms with Gasteiger partial charge in [0, 0.05) is 46.8 Å². The zero-order valence-corrected chi connectivity index (χ0v) is 54.6. The molecule has 564 valence electrons. The Morgan fingerprint density at radius 1 is 0.469 bits per heavy atom. The van der Waals surface area contributed by atoms with Gasteiger partial charge in [-0.25, -0.2) is 9.59 Å². The number of rotatable bonds is 15. The molecule has 6 saturated carbocycles. The first-order valence-corrected chi connectivity index (χ1v) is 31.8. The van der Waals surface area contributed by atoms with Crippen molar-refractivity contribution in [1.29, 1.82) is 0 Å². The van der Waals surface area contributed by atoms with Crippen molar-refractivity contribution in [3.05, 3.63) is 0 Å². The summed E-state index contributed by atoms with van der Waals surface area (Å²) in [5, 5.41) is 0. The van der Waals surface area contributed by atoms with Crippen LogP contribution in [0, 0.1) is 97.6 Å². The van der Waals surface area contributed by atoms with E-state index < -0.39 is 51.2 Å². The Hall–Kier alpha value is -5.30. The van der Waals surface area contributed by atoms with Gasteiger partial charge in [0.15, 0.2) is 0 Å². The summed E-state index contributed by atoms with van der Waals surface area (Å²) in [7, 11) is 0. The van der Waals surface area contributed by atoms with Crippen molar-refractivity contribution in [1.82, 2.24) is 0 Å². The Labute approximate surface area is 582 Å². The number of hydrogen-bond acceptors (Lipinski definition) is 20. The van der Waals surface area contributed by atoms with E-state index in [1.807, 2.05) is 104 Å². The highest BCUT2D eigenvalue weighted by Crippen LogP contribution is 2.65. The molecule has 0 amide bonds. The zero-order chi connectivity index (χ0) is 64.3. The first-order valence-electron chi connectivity index (χ1n) is 31.8. The third kappa shape index (κ3) is 19.0. The Kier molecular flexibility index (Phi) is 36.6. The van der Waals surface area contributed by atoms with Crippen molar-refractivity contribution in [3.8, 4) is 0 Å². The first-order chi connectivity index (χ1) is 39.8. The SMILES string of the molecule is C.C.C.C.C.C.C.C.C.C.CCC(C)(C)C(=O)OC1C(=O)OCC1(C)C.CCC(C)(C)C(=O)OC1C(=O)OCC1C.CCC(C)(C)C(=O)OC1C2CC3C(=O)OC1C3C2.CCC(C)(C)C(=O)OC1C2OC(=O)C3CC1C(C)(C)C32.CCC(C)C(=O)OC1C2CC3C(=O)OC1C3C2. The number of ether oxygens (including phenoxy) is 10. The highest BCUT2D eigenvalue weighted by atomic mass is 16.6. The summed E-state index contributed by atoms with van der Waals surface area (Å²) in [6.07, 6.45) is 5.41. The van der Waals surface area contributed by atoms with Gasteiger partial charge in [0.2, 0.25) is 12.2 Å². The lowest BCUT2D eigenvalue weighted by molar-refractivity contribution is -0.171. The van der Waals surface area contributed by atoms with Gasteiger partial charge in [0.05, 0.1) is 51.9 Å². The third-order valence-electron chi connectivity index (χ3n) is 21.9. The fourth-order valence-electron chi connectivity index (χ4n) is 13.8. The summed E-state index contributed by atoms with van der Waals surface area (Å²) in [5.74, 6) is -0.486. The molecule has 5 heterocycles. The highest BCUT2D eigenvalue weighted by molar-refractivity contribution is 5.85. The Bertz CT molecular complexity index is 2610. The lowest BCUT2D eigenvalue weighted by atomic mass is 9.80. The van der Waals surface area contributed by atoms with Gasteiger partial charge < -0.3 is 47.4 Å². The van der Waals surface area contributed by atoms with Gasteiger partial charge >= 0.3 is 59.7 Å². The standard InChI is InChI=1S/C16H24O4.C14H20O4.C13H18O4.C12H20O4.C11H18O4.10CH4/c1-6-15(2,3)14(18)20-11-9-7-8-10(16(9,4)5)12(11)19-13(8)17;1-4-14(2,3)13(16)18-10-7-5-8-9(6-7)12(15)17-11(8)10;1-3-6(2)12(14)16-10-7-4-8-9(5-7)13(15)17-11(8)10;1-6-11(2,3)10(14)16-8-9(13)15-7-12(8,4)5;1-5-11(3,4)10(13)15-8-7(2)6-14-9(8)12;;;;;;;;;;/h8-12H,6-7H2,1-5H3;7-11H,4-6H2,1-3H3;6-11H,3-5H2,1-2H3;8H,6-7H2,1-5H3;7-8H,5-6H2,1-4H3;10*1H4. The van der Waals surface area contributed by atoms with E-state index in [1.165, 1.54) is 0 Å². The molecule has 19 unspecified atom stereocenters. The summed E-state index contributed by atoms with van der Waals surface area (Å²) < 4.78 is 53.5. The van der Waals surface area contributed by atoms with E-state index in [9.17, 15) is 47.9 Å². The molecule has 19 atom stereocenters. The number of carbonyl (C=O) groups is 10. The maximum atomic E-state index is 12.3. The Morgan fingerprint density at radius 2 is 0.844 bits per heavy atom. The van der Waals surface area contributed by atoms with E-state index in [0.29, 0.717) is 49.7 Å². The van der Waals surface area contributed by atoms with Crippen molar-refractivity contribution in [2.75, 3.05) is 13.2 Å². The number of esters is 10. The van der Waals surface area contributed by atoms with Crippen LogP contribution in [0.1, 0.15) is 270 Å². The summed E-state index contributed by atoms with van der Waals surface area (Å²) in [5.41, 5.74) is -2.45. The average Bonchev–Trinajstić information content (AvgIpc) is 1.55. The summed E-state index contributed by atoms with van der Waals surface area (Å²) >= 11 is 0. The predicted octanol–water partition coefficient (Wildman–Crippen LogP) is 15.8. The largest absolute Gasteiger partial charge is 0.462 e. The second-order valence-electron chi connectivity index (χ2n) is 30.2. The average molecular weight is 1370 g/mol. The van der Waals surface area contributed by atoms with Gasteiger partial charge in [-0.1, -0.05) is 150 Å². The molecule has 11 fully saturated rings. The van der Waals surface area contributed by atoms with E-state index in [4.69, 9.17) is 47.4 Å². The number of carbonyl (C=O) groups excluding carboxylic acids is 10. The maximum absolute atomic E-state index is 12.3. The zero-order valence-electron chi connectivity index (χ0n) is 54.6. The van der Waals surface area contributed by atoms with Gasteiger partial charge in [0.25, 0.3) is 0 Å². The monoisotopic (exact) mass is 1370 g/mol. The highest BCUT2D eigenvalue weighted by Gasteiger charge is 2.72. The summed E-state index contributed by atoms with van der Waals surface area (Å²) in [6.45, 7) is 37.0. The fourth-order valence-corrected chi connectivity index (χ4v) is 13.8. The third-order valence-corrected chi connectivity index (χ3v) is 21.9. The minimum Gasteiger partial charge on any atom is -0.462 e. The minimum atomic E-state index is -0.772. The van der Waals surface area contributed by atoms with Crippen LogP contribution in [0.5, 0.6) is 0 Å². The second-order valence-corrected chi connectivity index (χ2v) is 30.2. The summed E-state index contributed by atoms with van der Waals surface area (Å²) in [6, 6.07) is 0. The Morgan fingerprint density at radius 3 is 1.22 bits per heavy atom. The summed E-state index contributed by atoms with van der Waals surface area (Å²) in [4.78, 5) is 118. The van der Waals surface area contributed by atoms with Gasteiger partial charge in [-0.3, -0.25) is 38.4 Å². The molecule has 11 aliphatic rings. The topological polar surface area (TPSA) is 263 Å². The van der Waals surface area contributed by atoms with Crippen molar-refractivity contribution in [2.24, 2.45) is 97.6 Å². The molecule has 0 spiro atoms. The number of fused-ring (bicyclic) bond motifs is 3.